The number of carbonyl (C=O) groups is 2. The van der Waals surface area contributed by atoms with Crippen molar-refractivity contribution in [2.24, 2.45) is 5.10 Å². The van der Waals surface area contributed by atoms with Crippen LogP contribution in [0.2, 0.25) is 0 Å². The number of carboxylic acid groups (broad SMARTS) is 1. The average molecular weight is 261 g/mol. The summed E-state index contributed by atoms with van der Waals surface area (Å²) >= 11 is 0. The first-order valence-electron chi connectivity index (χ1n) is 5.91. The number of hydrogen-bond donors (Lipinski definition) is 1. The van der Waals surface area contributed by atoms with Crippen LogP contribution in [-0.2, 0) is 11.3 Å². The van der Waals surface area contributed by atoms with Crippen molar-refractivity contribution in [3.63, 3.8) is 0 Å². The third kappa shape index (κ3) is 3.31. The number of benzene rings is 1. The molecule has 1 heterocycles. The second kappa shape index (κ2) is 5.51. The normalized spacial score (nSPS) is 14.5. The molecule has 6 nitrogen and oxygen atoms in total. The van der Waals surface area contributed by atoms with Gasteiger partial charge in [-0.15, -0.1) is 0 Å². The first-order chi connectivity index (χ1) is 9.06. The Morgan fingerprint density at radius 2 is 2.11 bits per heavy atom. The van der Waals surface area contributed by atoms with Gasteiger partial charge >= 0.3 is 6.09 Å². The van der Waals surface area contributed by atoms with Gasteiger partial charge in [0.2, 0.25) is 5.91 Å². The molecule has 0 fully saturated rings. The second-order valence-corrected chi connectivity index (χ2v) is 4.42. The van der Waals surface area contributed by atoms with E-state index >= 15 is 0 Å². The van der Waals surface area contributed by atoms with Crippen molar-refractivity contribution in [1.82, 2.24) is 9.91 Å². The van der Waals surface area contributed by atoms with Gasteiger partial charge in [-0.3, -0.25) is 4.79 Å². The summed E-state index contributed by atoms with van der Waals surface area (Å²) in [6, 6.07) is 9.55. The van der Waals surface area contributed by atoms with Gasteiger partial charge in [0, 0.05) is 7.05 Å². The molecule has 1 N–H and O–H groups in total. The fourth-order valence-corrected chi connectivity index (χ4v) is 1.84. The molecular formula is C13H15N3O3. The van der Waals surface area contributed by atoms with Crippen molar-refractivity contribution >= 4 is 17.7 Å². The molecule has 0 bridgehead atoms. The second-order valence-electron chi connectivity index (χ2n) is 4.42. The van der Waals surface area contributed by atoms with Crippen molar-refractivity contribution in [2.45, 2.75) is 13.0 Å². The molecule has 0 saturated carbocycles. The quantitative estimate of drug-likeness (QED) is 0.890. The molecular weight excluding hydrogens is 246 g/mol. The van der Waals surface area contributed by atoms with Crippen LogP contribution in [0.1, 0.15) is 12.0 Å². The highest BCUT2D eigenvalue weighted by Crippen LogP contribution is 2.13. The monoisotopic (exact) mass is 261 g/mol. The number of carbonyl (C=O) groups excluding carboxylic acids is 1. The van der Waals surface area contributed by atoms with E-state index in [9.17, 15) is 9.59 Å². The zero-order chi connectivity index (χ0) is 13.8. The first-order valence-corrected chi connectivity index (χ1v) is 5.91. The molecule has 0 saturated heterocycles. The van der Waals surface area contributed by atoms with Gasteiger partial charge < -0.3 is 10.0 Å². The van der Waals surface area contributed by atoms with Crippen LogP contribution in [0.3, 0.4) is 0 Å². The van der Waals surface area contributed by atoms with Gasteiger partial charge in [-0.05, 0) is 5.56 Å². The van der Waals surface area contributed by atoms with E-state index in [2.05, 4.69) is 5.10 Å². The summed E-state index contributed by atoms with van der Waals surface area (Å²) in [4.78, 5) is 23.6. The molecule has 0 atom stereocenters. The number of hydrogen-bond acceptors (Lipinski definition) is 3. The number of rotatable bonds is 4. The zero-order valence-electron chi connectivity index (χ0n) is 10.6. The fourth-order valence-electron chi connectivity index (χ4n) is 1.84. The Bertz CT molecular complexity index is 513. The van der Waals surface area contributed by atoms with Crippen LogP contribution >= 0.6 is 0 Å². The van der Waals surface area contributed by atoms with Crippen LogP contribution in [-0.4, -0.2) is 46.3 Å². The summed E-state index contributed by atoms with van der Waals surface area (Å²) in [5, 5.41) is 14.4. The minimum atomic E-state index is -1.03. The molecule has 19 heavy (non-hydrogen) atoms. The Kier molecular flexibility index (Phi) is 3.79. The van der Waals surface area contributed by atoms with Crippen molar-refractivity contribution < 1.29 is 14.7 Å². The predicted molar refractivity (Wildman–Crippen MR) is 69.7 cm³/mol. The lowest BCUT2D eigenvalue weighted by molar-refractivity contribution is -0.129. The highest BCUT2D eigenvalue weighted by atomic mass is 16.4. The van der Waals surface area contributed by atoms with Gasteiger partial charge in [-0.2, -0.15) is 5.10 Å². The van der Waals surface area contributed by atoms with E-state index in [4.69, 9.17) is 5.11 Å². The summed E-state index contributed by atoms with van der Waals surface area (Å²) in [6.45, 7) is 0.576. The summed E-state index contributed by atoms with van der Waals surface area (Å²) in [7, 11) is 1.45. The molecule has 1 aliphatic heterocycles. The Labute approximate surface area is 110 Å². The molecule has 2 rings (SSSR count). The van der Waals surface area contributed by atoms with Crippen LogP contribution < -0.4 is 0 Å². The molecule has 1 aliphatic rings. The van der Waals surface area contributed by atoms with E-state index in [-0.39, 0.29) is 18.9 Å². The predicted octanol–water partition coefficient (Wildman–Crippen LogP) is 1.38. The number of nitrogens with zero attached hydrogens (tertiary/aromatic N) is 3. The Balaban J connectivity index is 2.01. The molecule has 1 aromatic carbocycles. The molecule has 6 heteroatoms. The van der Waals surface area contributed by atoms with Gasteiger partial charge in [0.1, 0.15) is 0 Å². The highest BCUT2D eigenvalue weighted by Gasteiger charge is 2.25. The average Bonchev–Trinajstić information content (AvgIpc) is 2.71. The van der Waals surface area contributed by atoms with Crippen LogP contribution in [0.25, 0.3) is 0 Å². The van der Waals surface area contributed by atoms with Crippen LogP contribution in [0.15, 0.2) is 35.4 Å². The van der Waals surface area contributed by atoms with Crippen molar-refractivity contribution in [3.05, 3.63) is 35.9 Å². The maximum Gasteiger partial charge on any atom is 0.407 e. The Hall–Kier alpha value is -2.37. The maximum atomic E-state index is 11.8. The van der Waals surface area contributed by atoms with Crippen LogP contribution in [0.5, 0.6) is 0 Å². The van der Waals surface area contributed by atoms with Gasteiger partial charge in [0.15, 0.2) is 0 Å². The Morgan fingerprint density at radius 1 is 1.42 bits per heavy atom. The minimum Gasteiger partial charge on any atom is -0.465 e. The summed E-state index contributed by atoms with van der Waals surface area (Å²) < 4.78 is 0. The lowest BCUT2D eigenvalue weighted by Gasteiger charge is -2.12. The lowest BCUT2D eigenvalue weighted by atomic mass is 10.2. The molecule has 2 amide bonds. The van der Waals surface area contributed by atoms with Crippen molar-refractivity contribution in [2.75, 3.05) is 13.6 Å². The lowest BCUT2D eigenvalue weighted by Crippen LogP contribution is -2.30. The zero-order valence-corrected chi connectivity index (χ0v) is 10.6. The third-order valence-corrected chi connectivity index (χ3v) is 2.83. The van der Waals surface area contributed by atoms with Gasteiger partial charge in [0.25, 0.3) is 0 Å². The number of hydrazone groups is 1. The molecule has 0 unspecified atom stereocenters. The molecule has 0 spiro atoms. The third-order valence-electron chi connectivity index (χ3n) is 2.83. The minimum absolute atomic E-state index is 0.0994. The van der Waals surface area contributed by atoms with E-state index in [0.29, 0.717) is 12.3 Å². The molecule has 100 valence electrons. The summed E-state index contributed by atoms with van der Waals surface area (Å²) in [5.41, 5.74) is 1.57. The molecule has 1 aromatic rings. The van der Waals surface area contributed by atoms with Crippen molar-refractivity contribution in [1.29, 1.82) is 0 Å². The SMILES string of the molecule is CN(CC1=NN(Cc2ccccc2)C(=O)C1)C(=O)O. The largest absolute Gasteiger partial charge is 0.465 e. The van der Waals surface area contributed by atoms with Crippen LogP contribution in [0, 0.1) is 0 Å². The van der Waals surface area contributed by atoms with E-state index in [1.165, 1.54) is 12.1 Å². The molecule has 0 aliphatic carbocycles. The van der Waals surface area contributed by atoms with Gasteiger partial charge in [-0.1, -0.05) is 30.3 Å². The van der Waals surface area contributed by atoms with Crippen LogP contribution in [0.4, 0.5) is 4.79 Å². The van der Waals surface area contributed by atoms with E-state index in [1.807, 2.05) is 30.3 Å². The fraction of sp³-hybridized carbons (Fsp3) is 0.308. The van der Waals surface area contributed by atoms with E-state index in [0.717, 1.165) is 10.5 Å². The topological polar surface area (TPSA) is 73.2 Å². The van der Waals surface area contributed by atoms with E-state index in [1.54, 1.807) is 0 Å². The van der Waals surface area contributed by atoms with Crippen molar-refractivity contribution in [3.8, 4) is 0 Å². The first kappa shape index (κ1) is 13.1. The van der Waals surface area contributed by atoms with Gasteiger partial charge in [-0.25, -0.2) is 9.80 Å². The molecule has 0 radical (unpaired) electrons. The van der Waals surface area contributed by atoms with E-state index < -0.39 is 6.09 Å². The smallest absolute Gasteiger partial charge is 0.407 e. The summed E-state index contributed by atoms with van der Waals surface area (Å²) in [6.07, 6.45) is -0.846. The summed E-state index contributed by atoms with van der Waals surface area (Å²) in [5.74, 6) is -0.0994. The number of amides is 2. The Morgan fingerprint density at radius 3 is 2.74 bits per heavy atom. The standard InChI is InChI=1S/C13H15N3O3/c1-15(13(18)19)9-11-7-12(17)16(14-11)8-10-5-3-2-4-6-10/h2-6H,7-9H2,1H3,(H,18,19). The van der Waals surface area contributed by atoms with Gasteiger partial charge in [0.05, 0.1) is 25.2 Å². The highest BCUT2D eigenvalue weighted by molar-refractivity contribution is 6.06. The molecule has 0 aromatic heterocycles. The maximum absolute atomic E-state index is 11.8.